The molecule has 108 valence electrons. The number of halogens is 2. The molecule has 0 fully saturated rings. The second-order valence-corrected chi connectivity index (χ2v) is 5.88. The van der Waals surface area contributed by atoms with Crippen LogP contribution in [0.3, 0.4) is 0 Å². The van der Waals surface area contributed by atoms with Gasteiger partial charge in [-0.05, 0) is 40.2 Å². The number of anilines is 2. The molecule has 2 rings (SSSR count). The van der Waals surface area contributed by atoms with Gasteiger partial charge in [0.05, 0.1) is 16.2 Å². The zero-order valence-electron chi connectivity index (χ0n) is 10.5. The van der Waals surface area contributed by atoms with E-state index in [9.17, 15) is 14.9 Å². The Kier molecular flexibility index (Phi) is 4.59. The van der Waals surface area contributed by atoms with E-state index in [1.165, 1.54) is 18.2 Å². The maximum absolute atomic E-state index is 12.2. The van der Waals surface area contributed by atoms with Crippen molar-refractivity contribution in [3.63, 3.8) is 0 Å². The predicted molar refractivity (Wildman–Crippen MR) is 87.3 cm³/mol. The molecule has 0 aliphatic carbocycles. The van der Waals surface area contributed by atoms with Crippen LogP contribution in [0.4, 0.5) is 17.1 Å². The van der Waals surface area contributed by atoms with Crippen molar-refractivity contribution < 1.29 is 9.72 Å². The second-order valence-electron chi connectivity index (χ2n) is 4.11. The molecule has 21 heavy (non-hydrogen) atoms. The van der Waals surface area contributed by atoms with Crippen LogP contribution >= 0.6 is 31.9 Å². The topological polar surface area (TPSA) is 98.3 Å². The molecule has 2 aromatic carbocycles. The third kappa shape index (κ3) is 3.59. The number of nitrogens with one attached hydrogen (secondary N) is 1. The molecule has 0 aliphatic rings. The summed E-state index contributed by atoms with van der Waals surface area (Å²) in [5.41, 5.74) is 6.57. The van der Waals surface area contributed by atoms with E-state index in [-0.39, 0.29) is 11.3 Å². The number of nitro benzene ring substituents is 1. The number of nitrogens with two attached hydrogens (primary N) is 1. The summed E-state index contributed by atoms with van der Waals surface area (Å²) in [6.45, 7) is 0. The standard InChI is InChI=1S/C13H9Br2N3O3/c14-7-1-3-9(11(16)5-7)13(19)17-12-6-8(18(20)21)2-4-10(12)15/h1-6H,16H2,(H,17,19). The summed E-state index contributed by atoms with van der Waals surface area (Å²) < 4.78 is 1.30. The lowest BCUT2D eigenvalue weighted by molar-refractivity contribution is -0.384. The number of non-ortho nitro benzene ring substituents is 1. The van der Waals surface area contributed by atoms with Crippen LogP contribution in [0, 0.1) is 10.1 Å². The molecule has 2 aromatic rings. The van der Waals surface area contributed by atoms with E-state index < -0.39 is 10.8 Å². The Morgan fingerprint density at radius 3 is 2.52 bits per heavy atom. The van der Waals surface area contributed by atoms with E-state index in [0.717, 1.165) is 4.47 Å². The fraction of sp³-hybridized carbons (Fsp3) is 0. The van der Waals surface area contributed by atoms with Crippen LogP contribution in [0.15, 0.2) is 45.3 Å². The van der Waals surface area contributed by atoms with Gasteiger partial charge >= 0.3 is 0 Å². The van der Waals surface area contributed by atoms with Crippen LogP contribution in [0.5, 0.6) is 0 Å². The summed E-state index contributed by atoms with van der Waals surface area (Å²) in [4.78, 5) is 22.4. The van der Waals surface area contributed by atoms with Crippen molar-refractivity contribution in [1.82, 2.24) is 0 Å². The fourth-order valence-corrected chi connectivity index (χ4v) is 2.38. The van der Waals surface area contributed by atoms with E-state index in [1.54, 1.807) is 18.2 Å². The largest absolute Gasteiger partial charge is 0.398 e. The summed E-state index contributed by atoms with van der Waals surface area (Å²) >= 11 is 6.49. The Hall–Kier alpha value is -1.93. The van der Waals surface area contributed by atoms with E-state index in [4.69, 9.17) is 5.73 Å². The molecule has 0 saturated heterocycles. The van der Waals surface area contributed by atoms with E-state index in [1.807, 2.05) is 0 Å². The lowest BCUT2D eigenvalue weighted by atomic mass is 10.1. The molecular weight excluding hydrogens is 406 g/mol. The minimum Gasteiger partial charge on any atom is -0.398 e. The van der Waals surface area contributed by atoms with Gasteiger partial charge in [0.25, 0.3) is 11.6 Å². The van der Waals surface area contributed by atoms with Gasteiger partial charge in [0.2, 0.25) is 0 Å². The summed E-state index contributed by atoms with van der Waals surface area (Å²) in [5.74, 6) is -0.443. The predicted octanol–water partition coefficient (Wildman–Crippen LogP) is 3.95. The van der Waals surface area contributed by atoms with Gasteiger partial charge in [-0.25, -0.2) is 0 Å². The quantitative estimate of drug-likeness (QED) is 0.451. The normalized spacial score (nSPS) is 10.2. The van der Waals surface area contributed by atoms with Crippen LogP contribution in [0.2, 0.25) is 0 Å². The first kappa shape index (κ1) is 15.5. The first-order valence-electron chi connectivity index (χ1n) is 5.69. The smallest absolute Gasteiger partial charge is 0.271 e. The van der Waals surface area contributed by atoms with E-state index in [0.29, 0.717) is 15.8 Å². The maximum Gasteiger partial charge on any atom is 0.271 e. The molecule has 3 N–H and O–H groups in total. The number of nitro groups is 1. The summed E-state index contributed by atoms with van der Waals surface area (Å²) in [6.07, 6.45) is 0. The van der Waals surface area contributed by atoms with Gasteiger partial charge in [-0.1, -0.05) is 15.9 Å². The van der Waals surface area contributed by atoms with Crippen LogP contribution in [0.1, 0.15) is 10.4 Å². The van der Waals surface area contributed by atoms with Crippen LogP contribution in [-0.4, -0.2) is 10.8 Å². The highest BCUT2D eigenvalue weighted by atomic mass is 79.9. The van der Waals surface area contributed by atoms with E-state index in [2.05, 4.69) is 37.2 Å². The number of amides is 1. The number of hydrogen-bond acceptors (Lipinski definition) is 4. The first-order chi connectivity index (χ1) is 9.88. The Morgan fingerprint density at radius 2 is 1.90 bits per heavy atom. The van der Waals surface area contributed by atoms with Crippen molar-refractivity contribution in [2.45, 2.75) is 0 Å². The van der Waals surface area contributed by atoms with Crippen molar-refractivity contribution in [1.29, 1.82) is 0 Å². The maximum atomic E-state index is 12.2. The lowest BCUT2D eigenvalue weighted by Crippen LogP contribution is -2.14. The average molecular weight is 415 g/mol. The Labute approximate surface area is 136 Å². The van der Waals surface area contributed by atoms with Gasteiger partial charge in [0.1, 0.15) is 0 Å². The monoisotopic (exact) mass is 413 g/mol. The number of nitrogen functional groups attached to an aromatic ring is 1. The van der Waals surface area contributed by atoms with Gasteiger partial charge < -0.3 is 11.1 Å². The molecular formula is C13H9Br2N3O3. The molecule has 0 saturated carbocycles. The average Bonchev–Trinajstić information content (AvgIpc) is 2.40. The molecule has 0 bridgehead atoms. The van der Waals surface area contributed by atoms with Gasteiger partial charge in [0.15, 0.2) is 0 Å². The number of nitrogens with zero attached hydrogens (tertiary/aromatic N) is 1. The fourth-order valence-electron chi connectivity index (χ4n) is 1.65. The molecule has 6 nitrogen and oxygen atoms in total. The summed E-state index contributed by atoms with van der Waals surface area (Å²) in [6, 6.07) is 8.98. The summed E-state index contributed by atoms with van der Waals surface area (Å²) in [7, 11) is 0. The van der Waals surface area contributed by atoms with Gasteiger partial charge in [-0.3, -0.25) is 14.9 Å². The minimum atomic E-state index is -0.532. The molecule has 0 unspecified atom stereocenters. The van der Waals surface area contributed by atoms with Crippen molar-refractivity contribution in [3.05, 3.63) is 61.0 Å². The number of carbonyl (C=O) groups excluding carboxylic acids is 1. The Morgan fingerprint density at radius 1 is 1.19 bits per heavy atom. The van der Waals surface area contributed by atoms with Crippen LogP contribution in [0.25, 0.3) is 0 Å². The third-order valence-corrected chi connectivity index (χ3v) is 3.85. The van der Waals surface area contributed by atoms with Gasteiger partial charge in [-0.2, -0.15) is 0 Å². The van der Waals surface area contributed by atoms with Crippen molar-refractivity contribution >= 4 is 54.8 Å². The summed E-state index contributed by atoms with van der Waals surface area (Å²) in [5, 5.41) is 13.4. The van der Waals surface area contributed by atoms with Crippen molar-refractivity contribution in [2.24, 2.45) is 0 Å². The van der Waals surface area contributed by atoms with Crippen molar-refractivity contribution in [3.8, 4) is 0 Å². The lowest BCUT2D eigenvalue weighted by Gasteiger charge is -2.09. The molecule has 0 atom stereocenters. The molecule has 1 amide bonds. The minimum absolute atomic E-state index is 0.114. The number of hydrogen-bond donors (Lipinski definition) is 2. The highest BCUT2D eigenvalue weighted by Crippen LogP contribution is 2.28. The van der Waals surface area contributed by atoms with Crippen molar-refractivity contribution in [2.75, 3.05) is 11.1 Å². The highest BCUT2D eigenvalue weighted by Gasteiger charge is 2.14. The zero-order chi connectivity index (χ0) is 15.6. The third-order valence-electron chi connectivity index (χ3n) is 2.67. The molecule has 0 heterocycles. The number of rotatable bonds is 3. The Bertz CT molecular complexity index is 735. The molecule has 0 aliphatic heterocycles. The van der Waals surface area contributed by atoms with Gasteiger partial charge in [-0.15, -0.1) is 0 Å². The van der Waals surface area contributed by atoms with E-state index >= 15 is 0 Å². The van der Waals surface area contributed by atoms with Crippen LogP contribution in [-0.2, 0) is 0 Å². The zero-order valence-corrected chi connectivity index (χ0v) is 13.6. The first-order valence-corrected chi connectivity index (χ1v) is 7.27. The number of carbonyl (C=O) groups is 1. The van der Waals surface area contributed by atoms with Gasteiger partial charge in [0, 0.05) is 26.8 Å². The Balaban J connectivity index is 2.31. The highest BCUT2D eigenvalue weighted by molar-refractivity contribution is 9.10. The molecule has 0 radical (unpaired) electrons. The van der Waals surface area contributed by atoms with Crippen LogP contribution < -0.4 is 11.1 Å². The molecule has 0 spiro atoms. The SMILES string of the molecule is Nc1cc(Br)ccc1C(=O)Nc1cc([N+](=O)[O-])ccc1Br. The number of benzene rings is 2. The molecule has 8 heteroatoms. The molecule has 0 aromatic heterocycles. The second kappa shape index (κ2) is 6.23.